The Bertz CT molecular complexity index is 632. The number of amides is 1. The lowest BCUT2D eigenvalue weighted by Crippen LogP contribution is -2.18. The van der Waals surface area contributed by atoms with Crippen LogP contribution in [0.3, 0.4) is 0 Å². The molecule has 0 fully saturated rings. The molecule has 0 saturated heterocycles. The van der Waals surface area contributed by atoms with Gasteiger partial charge in [0.2, 0.25) is 0 Å². The minimum atomic E-state index is -0.0590. The van der Waals surface area contributed by atoms with Gasteiger partial charge in [0.1, 0.15) is 0 Å². The van der Waals surface area contributed by atoms with E-state index in [9.17, 15) is 4.79 Å². The van der Waals surface area contributed by atoms with Crippen LogP contribution in [0, 0.1) is 13.8 Å². The van der Waals surface area contributed by atoms with Crippen LogP contribution in [0.15, 0.2) is 42.5 Å². The molecule has 3 nitrogen and oxygen atoms in total. The molecule has 0 radical (unpaired) electrons. The van der Waals surface area contributed by atoms with Crippen molar-refractivity contribution >= 4 is 11.6 Å². The van der Waals surface area contributed by atoms with Gasteiger partial charge in [0.05, 0.1) is 0 Å². The number of benzene rings is 2. The predicted octanol–water partition coefficient (Wildman–Crippen LogP) is 3.84. The Hall–Kier alpha value is -2.29. The van der Waals surface area contributed by atoms with Crippen molar-refractivity contribution in [2.45, 2.75) is 26.8 Å². The van der Waals surface area contributed by atoms with Crippen LogP contribution >= 0.6 is 0 Å². The largest absolute Gasteiger partial charge is 0.378 e. The zero-order chi connectivity index (χ0) is 15.4. The van der Waals surface area contributed by atoms with Crippen LogP contribution in [-0.4, -0.2) is 13.0 Å². The summed E-state index contributed by atoms with van der Waals surface area (Å²) in [5.41, 5.74) is 5.31. The minimum absolute atomic E-state index is 0.0590. The van der Waals surface area contributed by atoms with Crippen LogP contribution in [0.25, 0.3) is 0 Å². The van der Waals surface area contributed by atoms with Crippen molar-refractivity contribution < 1.29 is 4.79 Å². The monoisotopic (exact) mass is 282 g/mol. The van der Waals surface area contributed by atoms with Crippen molar-refractivity contribution in [3.05, 3.63) is 64.7 Å². The van der Waals surface area contributed by atoms with Crippen molar-refractivity contribution in [2.75, 3.05) is 12.4 Å². The average molecular weight is 282 g/mol. The number of hydrogen-bond acceptors (Lipinski definition) is 2. The number of anilines is 1. The lowest BCUT2D eigenvalue weighted by atomic mass is 10.0. The third-order valence-electron chi connectivity index (χ3n) is 3.67. The summed E-state index contributed by atoms with van der Waals surface area (Å²) in [5.74, 6) is -0.0590. The molecule has 0 heterocycles. The third-order valence-corrected chi connectivity index (χ3v) is 3.67. The molecule has 2 aromatic carbocycles. The summed E-state index contributed by atoms with van der Waals surface area (Å²) in [5, 5.41) is 6.14. The maximum absolute atomic E-state index is 11.6. The fraction of sp³-hybridized carbons (Fsp3) is 0.278. The van der Waals surface area contributed by atoms with Gasteiger partial charge in [-0.2, -0.15) is 0 Å². The molecule has 0 spiro atoms. The Labute approximate surface area is 126 Å². The Balaban J connectivity index is 2.15. The van der Waals surface area contributed by atoms with Crippen molar-refractivity contribution in [2.24, 2.45) is 0 Å². The van der Waals surface area contributed by atoms with E-state index < -0.39 is 0 Å². The normalized spacial score (nSPS) is 11.8. The number of carbonyl (C=O) groups is 1. The van der Waals surface area contributed by atoms with E-state index in [0.29, 0.717) is 5.56 Å². The van der Waals surface area contributed by atoms with Gasteiger partial charge in [0, 0.05) is 24.3 Å². The summed E-state index contributed by atoms with van der Waals surface area (Å²) in [4.78, 5) is 11.6. The van der Waals surface area contributed by atoms with Gasteiger partial charge in [-0.25, -0.2) is 0 Å². The second-order valence-corrected chi connectivity index (χ2v) is 5.39. The molecule has 1 amide bonds. The maximum atomic E-state index is 11.6. The predicted molar refractivity (Wildman–Crippen MR) is 87.8 cm³/mol. The van der Waals surface area contributed by atoms with Gasteiger partial charge in [-0.15, -0.1) is 0 Å². The standard InChI is InChI=1S/C18H22N2O/c1-12-5-7-15(8-6-12)14(3)20-17-10-9-16(11-13(17)2)18(21)19-4/h5-11,14,20H,1-4H3,(H,19,21). The zero-order valence-corrected chi connectivity index (χ0v) is 13.0. The molecule has 0 aliphatic carbocycles. The van der Waals surface area contributed by atoms with Gasteiger partial charge >= 0.3 is 0 Å². The number of carbonyl (C=O) groups excluding carboxylic acids is 1. The molecule has 2 aromatic rings. The molecule has 1 atom stereocenters. The van der Waals surface area contributed by atoms with E-state index in [4.69, 9.17) is 0 Å². The molecule has 110 valence electrons. The second-order valence-electron chi connectivity index (χ2n) is 5.39. The molecule has 0 aliphatic rings. The highest BCUT2D eigenvalue weighted by Gasteiger charge is 2.09. The molecular weight excluding hydrogens is 260 g/mol. The van der Waals surface area contributed by atoms with E-state index in [-0.39, 0.29) is 11.9 Å². The Morgan fingerprint density at radius 1 is 1.05 bits per heavy atom. The van der Waals surface area contributed by atoms with E-state index in [1.54, 1.807) is 7.05 Å². The topological polar surface area (TPSA) is 41.1 Å². The molecule has 0 bridgehead atoms. The average Bonchev–Trinajstić information content (AvgIpc) is 2.49. The fourth-order valence-electron chi connectivity index (χ4n) is 2.28. The van der Waals surface area contributed by atoms with Gasteiger partial charge < -0.3 is 10.6 Å². The highest BCUT2D eigenvalue weighted by atomic mass is 16.1. The first kappa shape index (κ1) is 15.1. The molecule has 3 heteroatoms. The van der Waals surface area contributed by atoms with Crippen LogP contribution in [-0.2, 0) is 0 Å². The first-order valence-corrected chi connectivity index (χ1v) is 7.17. The number of hydrogen-bond donors (Lipinski definition) is 2. The van der Waals surface area contributed by atoms with E-state index in [1.165, 1.54) is 11.1 Å². The smallest absolute Gasteiger partial charge is 0.251 e. The number of rotatable bonds is 4. The molecule has 0 saturated carbocycles. The lowest BCUT2D eigenvalue weighted by Gasteiger charge is -2.18. The van der Waals surface area contributed by atoms with Crippen molar-refractivity contribution in [1.82, 2.24) is 5.32 Å². The Morgan fingerprint density at radius 3 is 2.29 bits per heavy atom. The van der Waals surface area contributed by atoms with E-state index in [0.717, 1.165) is 11.3 Å². The van der Waals surface area contributed by atoms with Gasteiger partial charge in [0.15, 0.2) is 0 Å². The van der Waals surface area contributed by atoms with Crippen LogP contribution in [0.5, 0.6) is 0 Å². The lowest BCUT2D eigenvalue weighted by molar-refractivity contribution is 0.0963. The quantitative estimate of drug-likeness (QED) is 0.894. The van der Waals surface area contributed by atoms with Gasteiger partial charge in [-0.05, 0) is 50.1 Å². The number of aryl methyl sites for hydroxylation is 2. The highest BCUT2D eigenvalue weighted by Crippen LogP contribution is 2.23. The van der Waals surface area contributed by atoms with Crippen molar-refractivity contribution in [3.8, 4) is 0 Å². The SMILES string of the molecule is CNC(=O)c1ccc(NC(C)c2ccc(C)cc2)c(C)c1. The summed E-state index contributed by atoms with van der Waals surface area (Å²) in [6, 6.07) is 14.5. The Kier molecular flexibility index (Phi) is 4.63. The summed E-state index contributed by atoms with van der Waals surface area (Å²) >= 11 is 0. The molecule has 2 N–H and O–H groups in total. The summed E-state index contributed by atoms with van der Waals surface area (Å²) in [7, 11) is 1.64. The molecule has 1 unspecified atom stereocenters. The Morgan fingerprint density at radius 2 is 1.71 bits per heavy atom. The first-order valence-electron chi connectivity index (χ1n) is 7.17. The summed E-state index contributed by atoms with van der Waals surface area (Å²) in [6.45, 7) is 6.23. The van der Waals surface area contributed by atoms with Gasteiger partial charge in [0.25, 0.3) is 5.91 Å². The fourth-order valence-corrected chi connectivity index (χ4v) is 2.28. The molecule has 2 rings (SSSR count). The van der Waals surface area contributed by atoms with E-state index >= 15 is 0 Å². The van der Waals surface area contributed by atoms with Gasteiger partial charge in [-0.1, -0.05) is 29.8 Å². The van der Waals surface area contributed by atoms with E-state index in [2.05, 4.69) is 48.7 Å². The zero-order valence-electron chi connectivity index (χ0n) is 13.0. The maximum Gasteiger partial charge on any atom is 0.251 e. The van der Waals surface area contributed by atoms with E-state index in [1.807, 2.05) is 25.1 Å². The summed E-state index contributed by atoms with van der Waals surface area (Å²) < 4.78 is 0. The van der Waals surface area contributed by atoms with Crippen LogP contribution < -0.4 is 10.6 Å². The van der Waals surface area contributed by atoms with Crippen LogP contribution in [0.1, 0.15) is 40.0 Å². The third kappa shape index (κ3) is 3.63. The molecular formula is C18H22N2O. The number of nitrogens with one attached hydrogen (secondary N) is 2. The highest BCUT2D eigenvalue weighted by molar-refractivity contribution is 5.94. The first-order chi connectivity index (χ1) is 10.0. The van der Waals surface area contributed by atoms with Crippen LogP contribution in [0.4, 0.5) is 5.69 Å². The molecule has 21 heavy (non-hydrogen) atoms. The van der Waals surface area contributed by atoms with Crippen molar-refractivity contribution in [3.63, 3.8) is 0 Å². The minimum Gasteiger partial charge on any atom is -0.378 e. The van der Waals surface area contributed by atoms with Crippen molar-refractivity contribution in [1.29, 1.82) is 0 Å². The summed E-state index contributed by atoms with van der Waals surface area (Å²) in [6.07, 6.45) is 0. The van der Waals surface area contributed by atoms with Crippen LogP contribution in [0.2, 0.25) is 0 Å². The van der Waals surface area contributed by atoms with Gasteiger partial charge in [-0.3, -0.25) is 4.79 Å². The second kappa shape index (κ2) is 6.44. The molecule has 0 aromatic heterocycles. The molecule has 0 aliphatic heterocycles.